The van der Waals surface area contributed by atoms with Crippen LogP contribution in [0.15, 0.2) is 24.5 Å². The molecule has 0 spiro atoms. The Kier molecular flexibility index (Phi) is 2.51. The van der Waals surface area contributed by atoms with E-state index in [1.165, 1.54) is 0 Å². The number of hydrogen-bond acceptors (Lipinski definition) is 1. The molecule has 0 aliphatic carbocycles. The van der Waals surface area contributed by atoms with Gasteiger partial charge in [0.25, 0.3) is 0 Å². The molecule has 1 rings (SSSR count). The predicted octanol–water partition coefficient (Wildman–Crippen LogP) is 2.29. The molecule has 56 valence electrons. The van der Waals surface area contributed by atoms with Crippen LogP contribution in [0.2, 0.25) is 0 Å². The highest BCUT2D eigenvalue weighted by molar-refractivity contribution is 5.30. The molecule has 2 heteroatoms. The van der Waals surface area contributed by atoms with E-state index < -0.39 is 0 Å². The molecule has 1 aromatic rings. The second-order valence-corrected chi connectivity index (χ2v) is 2.15. The van der Waals surface area contributed by atoms with Gasteiger partial charge in [0.05, 0.1) is 0 Å². The van der Waals surface area contributed by atoms with Crippen LogP contribution in [0.25, 0.3) is 4.85 Å². The van der Waals surface area contributed by atoms with Gasteiger partial charge in [-0.05, 0) is 12.1 Å². The zero-order chi connectivity index (χ0) is 8.10. The van der Waals surface area contributed by atoms with E-state index in [1.807, 2.05) is 19.1 Å². The highest BCUT2D eigenvalue weighted by Gasteiger charge is 1.96. The van der Waals surface area contributed by atoms with Crippen molar-refractivity contribution in [2.24, 2.45) is 0 Å². The number of nitrogens with zero attached hydrogens (tertiary/aromatic N) is 2. The average Bonchev–Trinajstić information content (AvgIpc) is 2.09. The van der Waals surface area contributed by atoms with Gasteiger partial charge in [-0.1, -0.05) is 25.0 Å². The zero-order valence-corrected chi connectivity index (χ0v) is 6.41. The summed E-state index contributed by atoms with van der Waals surface area (Å²) in [5, 5.41) is 0. The highest BCUT2D eigenvalue weighted by Crippen LogP contribution is 2.17. The molecule has 0 atom stereocenters. The quantitative estimate of drug-likeness (QED) is 0.583. The van der Waals surface area contributed by atoms with Gasteiger partial charge in [0.15, 0.2) is 0 Å². The second-order valence-electron chi connectivity index (χ2n) is 2.15. The van der Waals surface area contributed by atoms with Crippen molar-refractivity contribution in [1.29, 1.82) is 0 Å². The molecule has 1 heterocycles. The maximum atomic E-state index is 6.86. The van der Waals surface area contributed by atoms with E-state index in [4.69, 9.17) is 6.57 Å². The van der Waals surface area contributed by atoms with Crippen LogP contribution < -0.4 is 0 Å². The molecule has 11 heavy (non-hydrogen) atoms. The van der Waals surface area contributed by atoms with Crippen LogP contribution in [0.3, 0.4) is 0 Å². The Labute approximate surface area is 66.7 Å². The third-order valence-corrected chi connectivity index (χ3v) is 1.46. The Balaban J connectivity index is 2.85. The maximum absolute atomic E-state index is 6.86. The fourth-order valence-corrected chi connectivity index (χ4v) is 0.881. The minimum Gasteiger partial charge on any atom is -0.454 e. The van der Waals surface area contributed by atoms with Crippen molar-refractivity contribution in [3.63, 3.8) is 0 Å². The number of pyridine rings is 1. The number of rotatable bonds is 2. The lowest BCUT2D eigenvalue weighted by Gasteiger charge is -2.13. The molecule has 0 saturated heterocycles. The molecule has 0 aliphatic rings. The van der Waals surface area contributed by atoms with E-state index >= 15 is 0 Å². The van der Waals surface area contributed by atoms with Crippen LogP contribution >= 0.6 is 0 Å². The lowest BCUT2D eigenvalue weighted by molar-refractivity contribution is 1.00. The average molecular weight is 145 g/mol. The van der Waals surface area contributed by atoms with Crippen molar-refractivity contribution in [1.82, 2.24) is 4.98 Å². The normalized spacial score (nSPS) is 8.73. The summed E-state index contributed by atoms with van der Waals surface area (Å²) in [6.45, 7) is 8.83. The molecule has 0 aromatic carbocycles. The molecule has 0 amide bonds. The summed E-state index contributed by atoms with van der Waals surface area (Å²) >= 11 is 0. The van der Waals surface area contributed by atoms with Gasteiger partial charge in [0.2, 0.25) is 0 Å². The number of aromatic nitrogens is 1. The summed E-state index contributed by atoms with van der Waals surface area (Å²) in [5.74, 6) is 0. The summed E-state index contributed by atoms with van der Waals surface area (Å²) < 4.78 is 0. The first-order chi connectivity index (χ1) is 5.38. The Hall–Kier alpha value is -1.49. The fraction of sp³-hybridized carbons (Fsp3) is 0.222. The molecule has 1 aromatic heterocycles. The monoisotopic (exact) mass is 145 g/mol. The molecule has 0 saturated carbocycles. The first kappa shape index (κ1) is 7.62. The molecule has 2 nitrogen and oxygen atoms in total. The summed E-state index contributed by atoms with van der Waals surface area (Å²) in [5.41, 5.74) is 0.935. The molecule has 0 unspecified atom stereocenters. The van der Waals surface area contributed by atoms with Crippen molar-refractivity contribution in [3.05, 3.63) is 47.5 Å². The molecule has 0 N–H and O–H groups in total. The summed E-state index contributed by atoms with van der Waals surface area (Å²) in [7, 11) is 0. The zero-order valence-electron chi connectivity index (χ0n) is 6.41. The Morgan fingerprint density at radius 1 is 1.73 bits per heavy atom. The van der Waals surface area contributed by atoms with Crippen LogP contribution in [0.4, 0.5) is 0 Å². The standard InChI is InChI=1S/C9H9N2/c1-3-9(10-2)8-5-4-6-11-7-8/h4-7H,3H2,1H3/q-1. The van der Waals surface area contributed by atoms with Gasteiger partial charge < -0.3 is 4.85 Å². The van der Waals surface area contributed by atoms with Crippen LogP contribution in [-0.2, 0) is 0 Å². The van der Waals surface area contributed by atoms with Gasteiger partial charge in [0.1, 0.15) is 0 Å². The van der Waals surface area contributed by atoms with Gasteiger partial charge in [-0.2, -0.15) is 0 Å². The highest BCUT2D eigenvalue weighted by atomic mass is 14.7. The third-order valence-electron chi connectivity index (χ3n) is 1.46. The smallest absolute Gasteiger partial charge is 0.0266 e. The fourth-order valence-electron chi connectivity index (χ4n) is 0.881. The van der Waals surface area contributed by atoms with Gasteiger partial charge in [-0.25, -0.2) is 0 Å². The molecule has 0 radical (unpaired) electrons. The molecular formula is C9H9N2-. The van der Waals surface area contributed by atoms with E-state index in [9.17, 15) is 0 Å². The first-order valence-corrected chi connectivity index (χ1v) is 3.52. The minimum atomic E-state index is 0.773. The van der Waals surface area contributed by atoms with E-state index in [0.717, 1.165) is 18.0 Å². The predicted molar refractivity (Wildman–Crippen MR) is 43.5 cm³/mol. The Morgan fingerprint density at radius 2 is 2.55 bits per heavy atom. The Morgan fingerprint density at radius 3 is 3.00 bits per heavy atom. The largest absolute Gasteiger partial charge is 0.454 e. The minimum absolute atomic E-state index is 0.773. The Bertz CT molecular complexity index is 248. The topological polar surface area (TPSA) is 17.2 Å². The molecule has 0 aliphatic heterocycles. The van der Waals surface area contributed by atoms with Crippen LogP contribution in [0.1, 0.15) is 18.9 Å². The lowest BCUT2D eigenvalue weighted by Crippen LogP contribution is -1.91. The summed E-state index contributed by atoms with van der Waals surface area (Å²) in [4.78, 5) is 7.34. The van der Waals surface area contributed by atoms with Crippen molar-refractivity contribution in [2.45, 2.75) is 13.3 Å². The van der Waals surface area contributed by atoms with Crippen LogP contribution in [-0.4, -0.2) is 4.98 Å². The van der Waals surface area contributed by atoms with E-state index in [2.05, 4.69) is 9.83 Å². The first-order valence-electron chi connectivity index (χ1n) is 3.52. The lowest BCUT2D eigenvalue weighted by atomic mass is 10.1. The van der Waals surface area contributed by atoms with Gasteiger partial charge in [0, 0.05) is 12.4 Å². The molecule has 0 fully saturated rings. The summed E-state index contributed by atoms with van der Waals surface area (Å²) in [6, 6.07) is 4.53. The van der Waals surface area contributed by atoms with Crippen molar-refractivity contribution in [3.8, 4) is 0 Å². The van der Waals surface area contributed by atoms with Crippen molar-refractivity contribution >= 4 is 0 Å². The van der Waals surface area contributed by atoms with E-state index in [1.54, 1.807) is 12.4 Å². The van der Waals surface area contributed by atoms with Gasteiger partial charge >= 0.3 is 0 Å². The second kappa shape index (κ2) is 3.62. The SMILES string of the molecule is [C-]#[N+][C-](CC)c1cccnc1. The number of hydrogen-bond donors (Lipinski definition) is 0. The van der Waals surface area contributed by atoms with E-state index in [0.29, 0.717) is 0 Å². The van der Waals surface area contributed by atoms with Gasteiger partial charge in [-0.3, -0.25) is 11.6 Å². The van der Waals surface area contributed by atoms with Crippen LogP contribution in [0, 0.1) is 12.6 Å². The summed E-state index contributed by atoms with van der Waals surface area (Å²) in [6.07, 6.45) is 4.20. The van der Waals surface area contributed by atoms with Crippen molar-refractivity contribution in [2.75, 3.05) is 0 Å². The van der Waals surface area contributed by atoms with Gasteiger partial charge in [-0.15, -0.1) is 0 Å². The van der Waals surface area contributed by atoms with E-state index in [-0.39, 0.29) is 0 Å². The van der Waals surface area contributed by atoms with Crippen LogP contribution in [0.5, 0.6) is 0 Å². The van der Waals surface area contributed by atoms with Crippen molar-refractivity contribution < 1.29 is 0 Å². The maximum Gasteiger partial charge on any atom is 0.0266 e. The molecule has 0 bridgehead atoms. The third kappa shape index (κ3) is 1.71. The molecular weight excluding hydrogens is 136 g/mol.